The fourth-order valence-electron chi connectivity index (χ4n) is 0.830. The molecule has 0 N–H and O–H groups in total. The van der Waals surface area contributed by atoms with Crippen molar-refractivity contribution in [1.82, 2.24) is 0 Å². The van der Waals surface area contributed by atoms with Gasteiger partial charge in [-0.2, -0.15) is 0 Å². The quantitative estimate of drug-likeness (QED) is 0.572. The molecule has 0 radical (unpaired) electrons. The monoisotopic (exact) mass is 157 g/mol. The van der Waals surface area contributed by atoms with E-state index in [1.54, 1.807) is 11.3 Å². The summed E-state index contributed by atoms with van der Waals surface area (Å²) >= 11 is 1.55. The Kier molecular flexibility index (Phi) is 1.25. The summed E-state index contributed by atoms with van der Waals surface area (Å²) in [4.78, 5) is 0. The molecule has 0 amide bonds. The summed E-state index contributed by atoms with van der Waals surface area (Å²) in [5.74, 6) is 1.56. The Morgan fingerprint density at radius 1 is 1.30 bits per heavy atom. The number of rotatable bonds is 0. The Balaban J connectivity index is 2.20. The molecule has 0 unspecified atom stereocenters. The summed E-state index contributed by atoms with van der Waals surface area (Å²) in [5, 5.41) is 3.79. The van der Waals surface area contributed by atoms with Gasteiger partial charge in [-0.3, -0.25) is 0 Å². The van der Waals surface area contributed by atoms with E-state index in [1.165, 1.54) is 0 Å². The second kappa shape index (κ2) is 2.50. The van der Waals surface area contributed by atoms with Crippen LogP contribution in [0.2, 0.25) is 0 Å². The highest BCUT2D eigenvalue weighted by molar-refractivity contribution is 7.08. The number of hydrogen-bond donors (Lipinski definition) is 0. The summed E-state index contributed by atoms with van der Waals surface area (Å²) in [6, 6.07) is 0. The molecule has 2 nitrogen and oxygen atoms in total. The molecule has 0 saturated heterocycles. The Labute approximate surface area is 64.8 Å². The first-order chi connectivity index (χ1) is 5.36. The molecular formula is C7H8O2S. The van der Waals surface area contributed by atoms with E-state index in [-0.39, 0.29) is 6.40 Å². The van der Waals surface area contributed by atoms with Crippen molar-refractivity contribution in [2.24, 2.45) is 0 Å². The molecule has 0 bridgehead atoms. The Hall–Kier alpha value is -0.700. The van der Waals surface area contributed by atoms with Gasteiger partial charge in [0, 0.05) is 18.5 Å². The number of ether oxygens (including phenoxy) is 2. The van der Waals surface area contributed by atoms with Crippen LogP contribution in [0.1, 0.15) is 7.77 Å². The third-order valence-corrected chi connectivity index (χ3v) is 2.01. The van der Waals surface area contributed by atoms with Gasteiger partial charge in [0.2, 0.25) is 0 Å². The summed E-state index contributed by atoms with van der Waals surface area (Å²) in [6.45, 7) is 0.869. The van der Waals surface area contributed by atoms with Gasteiger partial charge in [0.25, 0.3) is 0 Å². The van der Waals surface area contributed by atoms with E-state index in [2.05, 4.69) is 0 Å². The van der Waals surface area contributed by atoms with Gasteiger partial charge in [0.05, 0.1) is 13.2 Å². The average Bonchev–Trinajstić information content (AvgIpc) is 2.38. The molecule has 54 valence electrons. The minimum Gasteiger partial charge on any atom is -0.489 e. The molecule has 0 aromatic carbocycles. The molecule has 0 saturated carbocycles. The van der Waals surface area contributed by atoms with Gasteiger partial charge in [0.15, 0.2) is 11.5 Å². The highest BCUT2D eigenvalue weighted by Crippen LogP contribution is 2.32. The van der Waals surface area contributed by atoms with Gasteiger partial charge in [0.1, 0.15) is 0 Å². The van der Waals surface area contributed by atoms with E-state index in [0.717, 1.165) is 11.5 Å². The number of hydrogen-bond acceptors (Lipinski definition) is 3. The zero-order valence-corrected chi connectivity index (χ0v) is 6.19. The van der Waals surface area contributed by atoms with Gasteiger partial charge >= 0.3 is 0 Å². The minimum atomic E-state index is -0.257. The molecule has 1 aromatic rings. The van der Waals surface area contributed by atoms with E-state index < -0.39 is 0 Å². The molecule has 2 rings (SSSR count). The van der Waals surface area contributed by atoms with Crippen molar-refractivity contribution < 1.29 is 10.8 Å². The van der Waals surface area contributed by atoms with Crippen molar-refractivity contribution >= 4 is 11.3 Å². The first kappa shape index (κ1) is 5.02. The molecule has 1 aromatic heterocycles. The Bertz CT molecular complexity index is 226. The lowest BCUT2D eigenvalue weighted by Gasteiger charge is -1.97. The lowest BCUT2D eigenvalue weighted by atomic mass is 10.5. The molecule has 0 spiro atoms. The topological polar surface area (TPSA) is 18.5 Å². The first-order valence-electron chi connectivity index (χ1n) is 3.68. The SMILES string of the molecule is [2H]C1COc2cscc2OC1. The number of thiophene rings is 1. The van der Waals surface area contributed by atoms with Crippen LogP contribution in [0.25, 0.3) is 0 Å². The van der Waals surface area contributed by atoms with Crippen LogP contribution in [0.5, 0.6) is 11.5 Å². The molecule has 1 aliphatic rings. The molecule has 10 heavy (non-hydrogen) atoms. The predicted molar refractivity (Wildman–Crippen MR) is 39.9 cm³/mol. The lowest BCUT2D eigenvalue weighted by Crippen LogP contribution is -1.97. The van der Waals surface area contributed by atoms with E-state index in [1.807, 2.05) is 10.8 Å². The van der Waals surface area contributed by atoms with Crippen LogP contribution in [0, 0.1) is 0 Å². The van der Waals surface area contributed by atoms with E-state index >= 15 is 0 Å². The highest BCUT2D eigenvalue weighted by atomic mass is 32.1. The van der Waals surface area contributed by atoms with Crippen molar-refractivity contribution in [2.75, 3.05) is 13.2 Å². The van der Waals surface area contributed by atoms with E-state index in [9.17, 15) is 0 Å². The van der Waals surface area contributed by atoms with Crippen LogP contribution >= 0.6 is 11.3 Å². The fraction of sp³-hybridized carbons (Fsp3) is 0.429. The summed E-state index contributed by atoms with van der Waals surface area (Å²) in [5.41, 5.74) is 0. The van der Waals surface area contributed by atoms with Crippen LogP contribution in [-0.4, -0.2) is 13.2 Å². The van der Waals surface area contributed by atoms with Gasteiger partial charge < -0.3 is 9.47 Å². The highest BCUT2D eigenvalue weighted by Gasteiger charge is 2.09. The fourth-order valence-corrected chi connectivity index (χ4v) is 1.51. The predicted octanol–water partition coefficient (Wildman–Crippen LogP) is 1.91. The van der Waals surface area contributed by atoms with Crippen molar-refractivity contribution in [2.45, 2.75) is 6.40 Å². The zero-order chi connectivity index (χ0) is 7.68. The van der Waals surface area contributed by atoms with Crippen LogP contribution < -0.4 is 9.47 Å². The second-order valence-electron chi connectivity index (χ2n) is 2.01. The van der Waals surface area contributed by atoms with E-state index in [0.29, 0.717) is 13.2 Å². The van der Waals surface area contributed by atoms with Crippen molar-refractivity contribution in [3.05, 3.63) is 10.8 Å². The molecule has 0 aliphatic carbocycles. The molecule has 2 heterocycles. The maximum Gasteiger partial charge on any atom is 0.171 e. The summed E-state index contributed by atoms with van der Waals surface area (Å²) in [6.07, 6.45) is -0.257. The summed E-state index contributed by atoms with van der Waals surface area (Å²) in [7, 11) is 0. The van der Waals surface area contributed by atoms with Crippen molar-refractivity contribution in [1.29, 1.82) is 0 Å². The van der Waals surface area contributed by atoms with Crippen molar-refractivity contribution in [3.63, 3.8) is 0 Å². The molecule has 1 aliphatic heterocycles. The zero-order valence-electron chi connectivity index (χ0n) is 6.37. The molecule has 0 atom stereocenters. The maximum atomic E-state index is 7.38. The smallest absolute Gasteiger partial charge is 0.171 e. The summed E-state index contributed by atoms with van der Waals surface area (Å²) < 4.78 is 18.0. The molecule has 3 heteroatoms. The van der Waals surface area contributed by atoms with Gasteiger partial charge in [-0.05, 0) is 0 Å². The third kappa shape index (κ3) is 0.968. The van der Waals surface area contributed by atoms with Crippen molar-refractivity contribution in [3.8, 4) is 11.5 Å². The largest absolute Gasteiger partial charge is 0.489 e. The lowest BCUT2D eigenvalue weighted by molar-refractivity contribution is 0.297. The Morgan fingerprint density at radius 3 is 2.50 bits per heavy atom. The average molecular weight is 157 g/mol. The van der Waals surface area contributed by atoms with Gasteiger partial charge in [-0.1, -0.05) is 0 Å². The second-order valence-corrected chi connectivity index (χ2v) is 2.75. The third-order valence-electron chi connectivity index (χ3n) is 1.31. The molecular weight excluding hydrogens is 148 g/mol. The normalized spacial score (nSPS) is 19.8. The van der Waals surface area contributed by atoms with Crippen LogP contribution in [0.15, 0.2) is 10.8 Å². The van der Waals surface area contributed by atoms with Crippen LogP contribution in [-0.2, 0) is 0 Å². The Morgan fingerprint density at radius 2 is 1.90 bits per heavy atom. The van der Waals surface area contributed by atoms with Crippen LogP contribution in [0.4, 0.5) is 0 Å². The maximum absolute atomic E-state index is 7.38. The minimum absolute atomic E-state index is 0.257. The van der Waals surface area contributed by atoms with Crippen LogP contribution in [0.3, 0.4) is 0 Å². The molecule has 0 fully saturated rings. The number of fused-ring (bicyclic) bond motifs is 1. The van der Waals surface area contributed by atoms with E-state index in [4.69, 9.17) is 10.8 Å². The van der Waals surface area contributed by atoms with Gasteiger partial charge in [-0.25, -0.2) is 0 Å². The first-order valence-corrected chi connectivity index (χ1v) is 4.04. The van der Waals surface area contributed by atoms with Gasteiger partial charge in [-0.15, -0.1) is 11.3 Å². The standard InChI is InChI=1S/C7H8O2S/c1-2-8-6-4-10-5-7(6)9-3-1/h4-5H,1-3H2/i1D.